The minimum atomic E-state index is -1.25. The number of aliphatic hydroxyl groups is 1. The molecule has 0 amide bonds. The van der Waals surface area contributed by atoms with Gasteiger partial charge in [0, 0.05) is 13.0 Å². The molecule has 1 unspecified atom stereocenters. The molecule has 0 aromatic heterocycles. The summed E-state index contributed by atoms with van der Waals surface area (Å²) in [6, 6.07) is 0. The number of β-amino-alcohol motifs (C(OH)–C–C–N with tert-alkyl or cyclic N) is 1. The van der Waals surface area contributed by atoms with Crippen molar-refractivity contribution in [1.29, 1.82) is 0 Å². The van der Waals surface area contributed by atoms with Crippen LogP contribution in [0.15, 0.2) is 0 Å². The Morgan fingerprint density at radius 3 is 2.77 bits per heavy atom. The van der Waals surface area contributed by atoms with Gasteiger partial charge in [-0.05, 0) is 25.8 Å². The van der Waals surface area contributed by atoms with Gasteiger partial charge in [-0.3, -0.25) is 0 Å². The first kappa shape index (κ1) is 8.97. The lowest BCUT2D eigenvalue weighted by Gasteiger charge is -2.29. The van der Waals surface area contributed by atoms with Crippen LogP contribution in [0.2, 0.25) is 0 Å². The molecule has 1 aliphatic heterocycles. The average Bonchev–Trinajstić information content (AvgIpc) is 2.45. The van der Waals surface area contributed by atoms with Crippen molar-refractivity contribution in [3.63, 3.8) is 0 Å². The molecule has 0 aromatic carbocycles. The van der Waals surface area contributed by atoms with Crippen LogP contribution in [0.4, 0.5) is 0 Å². The van der Waals surface area contributed by atoms with Gasteiger partial charge in [0.2, 0.25) is 0 Å². The van der Waals surface area contributed by atoms with Crippen molar-refractivity contribution in [3.8, 4) is 0 Å². The van der Waals surface area contributed by atoms with Crippen LogP contribution in [0.25, 0.3) is 0 Å². The number of hydrogen-bond acceptors (Lipinski definition) is 4. The third-order valence-corrected chi connectivity index (χ3v) is 2.84. The van der Waals surface area contributed by atoms with Gasteiger partial charge in [0.1, 0.15) is 6.10 Å². The molecule has 2 rings (SSSR count). The SMILES string of the molecule is O=C(OC1CCC1)C1(O)CCNC1. The van der Waals surface area contributed by atoms with E-state index in [9.17, 15) is 9.90 Å². The Hall–Kier alpha value is -0.610. The van der Waals surface area contributed by atoms with E-state index in [1.165, 1.54) is 0 Å². The maximum Gasteiger partial charge on any atom is 0.339 e. The fourth-order valence-electron chi connectivity index (χ4n) is 1.60. The molecular weight excluding hydrogens is 170 g/mol. The molecule has 0 bridgehead atoms. The van der Waals surface area contributed by atoms with Crippen molar-refractivity contribution in [2.75, 3.05) is 13.1 Å². The van der Waals surface area contributed by atoms with Crippen molar-refractivity contribution in [1.82, 2.24) is 5.32 Å². The molecule has 74 valence electrons. The lowest BCUT2D eigenvalue weighted by Crippen LogP contribution is -2.44. The normalized spacial score (nSPS) is 34.2. The third kappa shape index (κ3) is 1.69. The molecule has 2 fully saturated rings. The van der Waals surface area contributed by atoms with E-state index in [1.54, 1.807) is 0 Å². The number of nitrogens with one attached hydrogen (secondary N) is 1. The smallest absolute Gasteiger partial charge is 0.339 e. The maximum absolute atomic E-state index is 11.5. The third-order valence-electron chi connectivity index (χ3n) is 2.84. The van der Waals surface area contributed by atoms with Gasteiger partial charge in [-0.2, -0.15) is 0 Å². The van der Waals surface area contributed by atoms with Crippen LogP contribution in [0.1, 0.15) is 25.7 Å². The number of rotatable bonds is 2. The molecule has 0 aromatic rings. The standard InChI is InChI=1S/C9H15NO3/c11-8(13-7-2-1-3-7)9(12)4-5-10-6-9/h7,10,12H,1-6H2. The van der Waals surface area contributed by atoms with E-state index in [0.717, 1.165) is 19.3 Å². The van der Waals surface area contributed by atoms with E-state index in [1.807, 2.05) is 0 Å². The summed E-state index contributed by atoms with van der Waals surface area (Å²) in [5, 5.41) is 12.7. The monoisotopic (exact) mass is 185 g/mol. The van der Waals surface area contributed by atoms with Crippen molar-refractivity contribution >= 4 is 5.97 Å². The van der Waals surface area contributed by atoms with Crippen molar-refractivity contribution in [2.45, 2.75) is 37.4 Å². The summed E-state index contributed by atoms with van der Waals surface area (Å²) < 4.78 is 5.14. The fourth-order valence-corrected chi connectivity index (χ4v) is 1.60. The molecule has 1 heterocycles. The Kier molecular flexibility index (Phi) is 2.26. The Balaban J connectivity index is 1.87. The fraction of sp³-hybridized carbons (Fsp3) is 0.889. The number of carbonyl (C=O) groups is 1. The minimum Gasteiger partial charge on any atom is -0.460 e. The first-order valence-electron chi connectivity index (χ1n) is 4.85. The summed E-state index contributed by atoms with van der Waals surface area (Å²) in [5.74, 6) is -0.442. The quantitative estimate of drug-likeness (QED) is 0.585. The van der Waals surface area contributed by atoms with Crippen LogP contribution in [-0.2, 0) is 9.53 Å². The predicted molar refractivity (Wildman–Crippen MR) is 46.2 cm³/mol. The molecule has 1 saturated carbocycles. The van der Waals surface area contributed by atoms with E-state index < -0.39 is 11.6 Å². The molecular formula is C9H15NO3. The Bertz CT molecular complexity index is 207. The highest BCUT2D eigenvalue weighted by Crippen LogP contribution is 2.25. The summed E-state index contributed by atoms with van der Waals surface area (Å²) in [6.07, 6.45) is 3.58. The van der Waals surface area contributed by atoms with Crippen LogP contribution in [0, 0.1) is 0 Å². The second kappa shape index (κ2) is 3.27. The van der Waals surface area contributed by atoms with Crippen molar-refractivity contribution < 1.29 is 14.6 Å². The number of hydrogen-bond donors (Lipinski definition) is 2. The Morgan fingerprint density at radius 2 is 2.31 bits per heavy atom. The zero-order valence-corrected chi connectivity index (χ0v) is 7.58. The van der Waals surface area contributed by atoms with Crippen molar-refractivity contribution in [3.05, 3.63) is 0 Å². The summed E-state index contributed by atoms with van der Waals surface area (Å²) in [5.41, 5.74) is -1.25. The van der Waals surface area contributed by atoms with Gasteiger partial charge < -0.3 is 15.2 Å². The largest absolute Gasteiger partial charge is 0.460 e. The second-order valence-electron chi connectivity index (χ2n) is 3.92. The molecule has 2 N–H and O–H groups in total. The minimum absolute atomic E-state index is 0.0668. The van der Waals surface area contributed by atoms with E-state index in [0.29, 0.717) is 19.5 Å². The lowest BCUT2D eigenvalue weighted by molar-refractivity contribution is -0.172. The summed E-state index contributed by atoms with van der Waals surface area (Å²) in [4.78, 5) is 11.5. The van der Waals surface area contributed by atoms with Gasteiger partial charge in [-0.25, -0.2) is 4.79 Å². The van der Waals surface area contributed by atoms with Crippen molar-refractivity contribution in [2.24, 2.45) is 0 Å². The van der Waals surface area contributed by atoms with Crippen LogP contribution in [0.5, 0.6) is 0 Å². The Morgan fingerprint density at radius 1 is 1.54 bits per heavy atom. The molecule has 0 spiro atoms. The van der Waals surface area contributed by atoms with Gasteiger partial charge in [0.15, 0.2) is 5.60 Å². The second-order valence-corrected chi connectivity index (χ2v) is 3.92. The first-order chi connectivity index (χ1) is 6.21. The van der Waals surface area contributed by atoms with Crippen LogP contribution >= 0.6 is 0 Å². The van der Waals surface area contributed by atoms with Crippen LogP contribution in [-0.4, -0.2) is 35.9 Å². The highest BCUT2D eigenvalue weighted by atomic mass is 16.6. The lowest BCUT2D eigenvalue weighted by atomic mass is 9.95. The zero-order chi connectivity index (χ0) is 9.31. The maximum atomic E-state index is 11.5. The van der Waals surface area contributed by atoms with E-state index in [2.05, 4.69) is 5.32 Å². The molecule has 1 atom stereocenters. The highest BCUT2D eigenvalue weighted by Gasteiger charge is 2.42. The van der Waals surface area contributed by atoms with Gasteiger partial charge in [-0.1, -0.05) is 0 Å². The van der Waals surface area contributed by atoms with E-state index >= 15 is 0 Å². The Labute approximate surface area is 77.3 Å². The van der Waals surface area contributed by atoms with Gasteiger partial charge in [-0.15, -0.1) is 0 Å². The average molecular weight is 185 g/mol. The topological polar surface area (TPSA) is 58.6 Å². The van der Waals surface area contributed by atoms with E-state index in [4.69, 9.17) is 4.74 Å². The molecule has 4 nitrogen and oxygen atoms in total. The number of carbonyl (C=O) groups excluding carboxylic acids is 1. The van der Waals surface area contributed by atoms with Gasteiger partial charge in [0.05, 0.1) is 0 Å². The predicted octanol–water partition coefficient (Wildman–Crippen LogP) is -0.193. The van der Waals surface area contributed by atoms with Crippen LogP contribution in [0.3, 0.4) is 0 Å². The summed E-state index contributed by atoms with van der Waals surface area (Å²) >= 11 is 0. The number of ether oxygens (including phenoxy) is 1. The molecule has 1 aliphatic carbocycles. The molecule has 1 saturated heterocycles. The number of esters is 1. The summed E-state index contributed by atoms with van der Waals surface area (Å²) in [6.45, 7) is 1.02. The molecule has 2 aliphatic rings. The molecule has 0 radical (unpaired) electrons. The highest BCUT2D eigenvalue weighted by molar-refractivity contribution is 5.80. The van der Waals surface area contributed by atoms with Crippen LogP contribution < -0.4 is 5.32 Å². The van der Waals surface area contributed by atoms with E-state index in [-0.39, 0.29) is 6.10 Å². The molecule has 4 heteroatoms. The first-order valence-corrected chi connectivity index (χ1v) is 4.85. The van der Waals surface area contributed by atoms with Gasteiger partial charge in [0.25, 0.3) is 0 Å². The molecule has 13 heavy (non-hydrogen) atoms. The summed E-state index contributed by atoms with van der Waals surface area (Å²) in [7, 11) is 0. The zero-order valence-electron chi connectivity index (χ0n) is 7.58. The van der Waals surface area contributed by atoms with Gasteiger partial charge >= 0.3 is 5.97 Å².